The number of hydrogen-bond donors (Lipinski definition) is 1. The average Bonchev–Trinajstić information content (AvgIpc) is 2.73. The molecule has 1 fully saturated rings. The highest BCUT2D eigenvalue weighted by Crippen LogP contribution is 2.52. The minimum Gasteiger partial charge on any atom is -0.369 e. The van der Waals surface area contributed by atoms with E-state index >= 15 is 0 Å². The number of nitrogens with one attached hydrogen (secondary N) is 1. The quantitative estimate of drug-likeness (QED) is 0.872. The first kappa shape index (κ1) is 10.5. The van der Waals surface area contributed by atoms with Gasteiger partial charge in [-0.3, -0.25) is 0 Å². The lowest BCUT2D eigenvalue weighted by molar-refractivity contribution is 0.866. The van der Waals surface area contributed by atoms with E-state index < -0.39 is 4.33 Å². The van der Waals surface area contributed by atoms with Crippen molar-refractivity contribution in [3.8, 4) is 0 Å². The van der Waals surface area contributed by atoms with Crippen molar-refractivity contribution in [3.05, 3.63) is 17.0 Å². The van der Waals surface area contributed by atoms with Crippen molar-refractivity contribution in [3.63, 3.8) is 0 Å². The van der Waals surface area contributed by atoms with Gasteiger partial charge in [0, 0.05) is 18.7 Å². The summed E-state index contributed by atoms with van der Waals surface area (Å²) >= 11 is 15.1. The van der Waals surface area contributed by atoms with Gasteiger partial charge in [0.15, 0.2) is 0 Å². The first-order valence-electron chi connectivity index (χ1n) is 4.17. The molecule has 14 heavy (non-hydrogen) atoms. The van der Waals surface area contributed by atoms with Gasteiger partial charge in [0.25, 0.3) is 0 Å². The Kier molecular flexibility index (Phi) is 2.86. The Morgan fingerprint density at radius 2 is 2.36 bits per heavy atom. The molecule has 1 aliphatic rings. The molecule has 1 saturated carbocycles. The van der Waals surface area contributed by atoms with Crippen LogP contribution in [0.2, 0.25) is 0 Å². The van der Waals surface area contributed by atoms with Crippen molar-refractivity contribution in [2.45, 2.75) is 10.8 Å². The zero-order valence-electron chi connectivity index (χ0n) is 7.17. The number of alkyl halides is 2. The fourth-order valence-electron chi connectivity index (χ4n) is 1.15. The number of rotatable bonds is 3. The van der Waals surface area contributed by atoms with Crippen molar-refractivity contribution in [1.29, 1.82) is 0 Å². The molecule has 2 rings (SSSR count). The van der Waals surface area contributed by atoms with Gasteiger partial charge in [-0.1, -0.05) is 0 Å². The van der Waals surface area contributed by atoms with Crippen LogP contribution in [0.1, 0.15) is 6.42 Å². The van der Waals surface area contributed by atoms with Crippen molar-refractivity contribution >= 4 is 44.9 Å². The summed E-state index contributed by atoms with van der Waals surface area (Å²) in [7, 11) is 0. The minimum atomic E-state index is -0.535. The van der Waals surface area contributed by atoms with Crippen LogP contribution in [0, 0.1) is 5.92 Å². The molecule has 1 N–H and O–H groups in total. The maximum Gasteiger partial charge on any atom is 0.143 e. The smallest absolute Gasteiger partial charge is 0.143 e. The topological polar surface area (TPSA) is 37.8 Å². The van der Waals surface area contributed by atoms with Crippen molar-refractivity contribution in [2.75, 3.05) is 11.9 Å². The SMILES string of the molecule is ClC1(Cl)CC1CNc1ncncc1Br. The summed E-state index contributed by atoms with van der Waals surface area (Å²) in [6, 6.07) is 0. The summed E-state index contributed by atoms with van der Waals surface area (Å²) < 4.78 is 0.308. The molecule has 1 aromatic rings. The maximum atomic E-state index is 5.89. The van der Waals surface area contributed by atoms with E-state index in [0.29, 0.717) is 5.92 Å². The minimum absolute atomic E-state index is 0.313. The molecule has 6 heteroatoms. The summed E-state index contributed by atoms with van der Waals surface area (Å²) in [6.45, 7) is 0.739. The van der Waals surface area contributed by atoms with E-state index in [-0.39, 0.29) is 0 Å². The van der Waals surface area contributed by atoms with Crippen LogP contribution < -0.4 is 5.32 Å². The van der Waals surface area contributed by atoms with Gasteiger partial charge in [-0.2, -0.15) is 0 Å². The molecule has 1 heterocycles. The number of halogens is 3. The monoisotopic (exact) mass is 295 g/mol. The molecule has 1 unspecified atom stereocenters. The lowest BCUT2D eigenvalue weighted by Crippen LogP contribution is -2.09. The number of hydrogen-bond acceptors (Lipinski definition) is 3. The number of aromatic nitrogens is 2. The Hall–Kier alpha value is -0.0600. The Morgan fingerprint density at radius 3 is 2.93 bits per heavy atom. The van der Waals surface area contributed by atoms with Gasteiger partial charge < -0.3 is 5.32 Å². The van der Waals surface area contributed by atoms with Gasteiger partial charge in [0.1, 0.15) is 16.5 Å². The van der Waals surface area contributed by atoms with E-state index in [9.17, 15) is 0 Å². The van der Waals surface area contributed by atoms with E-state index in [1.54, 1.807) is 6.20 Å². The molecular formula is C8H8BrCl2N3. The van der Waals surface area contributed by atoms with E-state index in [1.165, 1.54) is 6.33 Å². The Labute approximate surface area is 100 Å². The largest absolute Gasteiger partial charge is 0.369 e. The third-order valence-corrected chi connectivity index (χ3v) is 3.65. The fraction of sp³-hybridized carbons (Fsp3) is 0.500. The molecule has 0 aromatic carbocycles. The van der Waals surface area contributed by atoms with Crippen molar-refractivity contribution in [2.24, 2.45) is 5.92 Å². The van der Waals surface area contributed by atoms with Gasteiger partial charge in [-0.15, -0.1) is 23.2 Å². The van der Waals surface area contributed by atoms with Crippen LogP contribution in [0.15, 0.2) is 17.0 Å². The molecule has 0 bridgehead atoms. The highest BCUT2D eigenvalue weighted by molar-refractivity contribution is 9.10. The van der Waals surface area contributed by atoms with Crippen LogP contribution >= 0.6 is 39.1 Å². The van der Waals surface area contributed by atoms with E-state index in [1.807, 2.05) is 0 Å². The average molecular weight is 297 g/mol. The molecule has 0 saturated heterocycles. The molecule has 0 radical (unpaired) electrons. The van der Waals surface area contributed by atoms with Gasteiger partial charge in [-0.25, -0.2) is 9.97 Å². The number of anilines is 1. The first-order chi connectivity index (χ1) is 6.59. The maximum absolute atomic E-state index is 5.89. The van der Waals surface area contributed by atoms with E-state index in [4.69, 9.17) is 23.2 Å². The molecule has 3 nitrogen and oxygen atoms in total. The summed E-state index contributed by atoms with van der Waals surface area (Å²) in [5.41, 5.74) is 0. The molecule has 1 aromatic heterocycles. The predicted molar refractivity (Wildman–Crippen MR) is 60.8 cm³/mol. The van der Waals surface area contributed by atoms with E-state index in [2.05, 4.69) is 31.2 Å². The van der Waals surface area contributed by atoms with Crippen LogP contribution in [0.3, 0.4) is 0 Å². The van der Waals surface area contributed by atoms with Crippen molar-refractivity contribution < 1.29 is 0 Å². The highest BCUT2D eigenvalue weighted by Gasteiger charge is 2.51. The molecule has 0 aliphatic heterocycles. The summed E-state index contributed by atoms with van der Waals surface area (Å²) in [5, 5.41) is 3.16. The molecule has 76 valence electrons. The lowest BCUT2D eigenvalue weighted by atomic mass is 10.4. The summed E-state index contributed by atoms with van der Waals surface area (Å²) in [5.74, 6) is 1.09. The van der Waals surface area contributed by atoms with E-state index in [0.717, 1.165) is 23.3 Å². The van der Waals surface area contributed by atoms with Gasteiger partial charge >= 0.3 is 0 Å². The van der Waals surface area contributed by atoms with Crippen LogP contribution in [0.4, 0.5) is 5.82 Å². The second-order valence-corrected chi connectivity index (χ2v) is 5.66. The van der Waals surface area contributed by atoms with Crippen LogP contribution in [0.25, 0.3) is 0 Å². The lowest BCUT2D eigenvalue weighted by Gasteiger charge is -2.06. The van der Waals surface area contributed by atoms with Gasteiger partial charge in [0.2, 0.25) is 0 Å². The molecular weight excluding hydrogens is 289 g/mol. The normalized spacial score (nSPS) is 23.2. The molecule has 1 atom stereocenters. The predicted octanol–water partition coefficient (Wildman–Crippen LogP) is 2.84. The number of nitrogens with zero attached hydrogens (tertiary/aromatic N) is 2. The Morgan fingerprint density at radius 1 is 1.64 bits per heavy atom. The third kappa shape index (κ3) is 2.30. The summed E-state index contributed by atoms with van der Waals surface area (Å²) in [4.78, 5) is 7.94. The Balaban J connectivity index is 1.90. The van der Waals surface area contributed by atoms with Crippen LogP contribution in [-0.4, -0.2) is 20.8 Å². The fourth-order valence-corrected chi connectivity index (χ4v) is 2.04. The molecule has 1 aliphatic carbocycles. The van der Waals surface area contributed by atoms with Crippen molar-refractivity contribution in [1.82, 2.24) is 9.97 Å². The Bertz CT molecular complexity index is 345. The van der Waals surface area contributed by atoms with Crippen LogP contribution in [0.5, 0.6) is 0 Å². The highest BCUT2D eigenvalue weighted by atomic mass is 79.9. The van der Waals surface area contributed by atoms with Gasteiger partial charge in [-0.05, 0) is 22.4 Å². The first-order valence-corrected chi connectivity index (χ1v) is 5.72. The zero-order valence-corrected chi connectivity index (χ0v) is 10.3. The molecule has 0 spiro atoms. The van der Waals surface area contributed by atoms with Gasteiger partial charge in [0.05, 0.1) is 4.47 Å². The third-order valence-electron chi connectivity index (χ3n) is 2.14. The zero-order chi connectivity index (χ0) is 10.2. The standard InChI is InChI=1S/C8H8BrCl2N3/c9-6-3-12-4-14-7(6)13-2-5-1-8(5,10)11/h3-5H,1-2H2,(H,12,13,14). The second kappa shape index (κ2) is 3.83. The van der Waals surface area contributed by atoms with Crippen LogP contribution in [-0.2, 0) is 0 Å². The summed E-state index contributed by atoms with van der Waals surface area (Å²) in [6.07, 6.45) is 4.03. The second-order valence-electron chi connectivity index (χ2n) is 3.26. The molecule has 0 amide bonds.